The number of amides is 2. The third kappa shape index (κ3) is 5.32. The number of ether oxygens (including phenoxy) is 1. The van der Waals surface area contributed by atoms with Crippen LogP contribution < -0.4 is 9.80 Å². The zero-order chi connectivity index (χ0) is 31.2. The number of hydrogen-bond donors (Lipinski definition) is 1. The molecule has 0 radical (unpaired) electrons. The summed E-state index contributed by atoms with van der Waals surface area (Å²) in [5, 5.41) is 4.60. The molecule has 0 saturated carbocycles. The normalized spacial score (nSPS) is 18.5. The number of quaternary nitrogens is 1. The van der Waals surface area contributed by atoms with Gasteiger partial charge in [-0.25, -0.2) is 0 Å². The fraction of sp³-hybridized carbons (Fsp3) is 0.286. The van der Waals surface area contributed by atoms with E-state index >= 15 is 0 Å². The molecule has 1 N–H and O–H groups in total. The number of aryl methyl sites for hydroxylation is 2. The fourth-order valence-electron chi connectivity index (χ4n) is 4.86. The molecule has 0 spiro atoms. The number of aliphatic hydroxyl groups excluding tert-OH is 1. The largest absolute Gasteiger partial charge is 0.494 e. The molecule has 0 bridgehead atoms. The summed E-state index contributed by atoms with van der Waals surface area (Å²) in [6.07, 6.45) is -7.59. The van der Waals surface area contributed by atoms with Crippen molar-refractivity contribution in [2.75, 3.05) is 23.5 Å². The van der Waals surface area contributed by atoms with E-state index in [2.05, 4.69) is 0 Å². The summed E-state index contributed by atoms with van der Waals surface area (Å²) in [7, 11) is 1.26. The second kappa shape index (κ2) is 11.0. The molecular formula is C28H25F7N3O4+. The van der Waals surface area contributed by atoms with Crippen LogP contribution in [0.2, 0.25) is 0 Å². The molecule has 3 aromatic carbocycles. The standard InChI is InChI=1S/C28H25F7N3O4/c1-16-12-20(27(29,28(30,31)32)38(33,34)35)13-17(2)23(16)36(3)24(39)19-10-7-11-21(14-19)37(22-15-42-26(22)41)25(40)18-8-5-4-6-9-18/h4-14,22,26,41H,15H2,1-3H3/q+1. The van der Waals surface area contributed by atoms with Crippen LogP contribution in [0.15, 0.2) is 66.7 Å². The van der Waals surface area contributed by atoms with Crippen LogP contribution in [-0.2, 0) is 10.5 Å². The molecule has 224 valence electrons. The minimum atomic E-state index is -6.31. The van der Waals surface area contributed by atoms with E-state index in [1.165, 1.54) is 36.2 Å². The Kier molecular flexibility index (Phi) is 8.10. The first-order valence-corrected chi connectivity index (χ1v) is 12.4. The van der Waals surface area contributed by atoms with Crippen LogP contribution in [0, 0.1) is 13.8 Å². The van der Waals surface area contributed by atoms with Crippen molar-refractivity contribution in [3.05, 3.63) is 94.5 Å². The Morgan fingerprint density at radius 1 is 0.881 bits per heavy atom. The van der Waals surface area contributed by atoms with Crippen molar-refractivity contribution in [2.45, 2.75) is 38.1 Å². The highest BCUT2D eigenvalue weighted by atomic mass is 19.6. The first-order chi connectivity index (χ1) is 19.5. The van der Waals surface area contributed by atoms with E-state index in [-0.39, 0.29) is 34.7 Å². The quantitative estimate of drug-likeness (QED) is 0.202. The molecule has 1 aliphatic heterocycles. The Labute approximate surface area is 235 Å². The monoisotopic (exact) mass is 600 g/mol. The van der Waals surface area contributed by atoms with Crippen LogP contribution in [0.4, 0.5) is 42.4 Å². The van der Waals surface area contributed by atoms with Crippen molar-refractivity contribution in [2.24, 2.45) is 0 Å². The van der Waals surface area contributed by atoms with E-state index in [4.69, 9.17) is 4.74 Å². The Bertz CT molecular complexity index is 1460. The number of halogens is 7. The number of anilines is 2. The van der Waals surface area contributed by atoms with E-state index in [0.29, 0.717) is 17.7 Å². The van der Waals surface area contributed by atoms with Crippen LogP contribution in [-0.4, -0.2) is 54.2 Å². The van der Waals surface area contributed by atoms with Gasteiger partial charge in [-0.05, 0) is 67.4 Å². The second-order valence-corrected chi connectivity index (χ2v) is 9.77. The summed E-state index contributed by atoms with van der Waals surface area (Å²) in [5.41, 5.74) is -1.60. The van der Waals surface area contributed by atoms with Crippen LogP contribution >= 0.6 is 0 Å². The van der Waals surface area contributed by atoms with Gasteiger partial charge in [0.2, 0.25) is 0 Å². The number of rotatable bonds is 7. The highest BCUT2D eigenvalue weighted by Gasteiger charge is 2.79. The molecule has 4 rings (SSSR count). The highest BCUT2D eigenvalue weighted by Crippen LogP contribution is 2.52. The van der Waals surface area contributed by atoms with Crippen LogP contribution in [0.5, 0.6) is 0 Å². The number of benzene rings is 3. The van der Waals surface area contributed by atoms with Gasteiger partial charge < -0.3 is 14.7 Å². The van der Waals surface area contributed by atoms with Crippen LogP contribution in [0.3, 0.4) is 0 Å². The second-order valence-electron chi connectivity index (χ2n) is 9.77. The molecule has 1 saturated heterocycles. The number of nitrogens with zero attached hydrogens (tertiary/aromatic N) is 3. The Balaban J connectivity index is 1.71. The molecule has 3 aromatic rings. The van der Waals surface area contributed by atoms with Crippen molar-refractivity contribution < 1.29 is 55.6 Å². The molecule has 0 aliphatic carbocycles. The molecule has 14 heteroatoms. The Morgan fingerprint density at radius 2 is 1.45 bits per heavy atom. The average Bonchev–Trinajstić information content (AvgIpc) is 2.92. The van der Waals surface area contributed by atoms with E-state index in [1.54, 1.807) is 30.3 Å². The number of alkyl halides is 4. The smallest absolute Gasteiger partial charge is 0.366 e. The summed E-state index contributed by atoms with van der Waals surface area (Å²) in [4.78, 5) is 29.2. The van der Waals surface area contributed by atoms with Gasteiger partial charge in [-0.2, -0.15) is 17.6 Å². The number of carbonyl (C=O) groups excluding carboxylic acids is 2. The number of carbonyl (C=O) groups is 2. The van der Waals surface area contributed by atoms with Gasteiger partial charge in [-0.3, -0.25) is 14.5 Å². The lowest BCUT2D eigenvalue weighted by Crippen LogP contribution is -2.58. The molecule has 1 aliphatic rings. The minimum Gasteiger partial charge on any atom is -0.366 e. The van der Waals surface area contributed by atoms with Gasteiger partial charge in [0.1, 0.15) is 6.04 Å². The summed E-state index contributed by atoms with van der Waals surface area (Å²) < 4.78 is 99.4. The first kappa shape index (κ1) is 30.9. The molecule has 3 atom stereocenters. The third-order valence-electron chi connectivity index (χ3n) is 6.95. The first-order valence-electron chi connectivity index (χ1n) is 12.4. The van der Waals surface area contributed by atoms with Gasteiger partial charge in [0.15, 0.2) is 6.29 Å². The molecule has 7 nitrogen and oxygen atoms in total. The van der Waals surface area contributed by atoms with Crippen molar-refractivity contribution in [1.29, 1.82) is 0 Å². The molecule has 0 aromatic heterocycles. The van der Waals surface area contributed by atoms with Gasteiger partial charge in [0.05, 0.1) is 25.6 Å². The SMILES string of the molecule is Cc1cc(C(F)(C(F)(F)F)[N+](F)(F)F)cc(C)c1N(C)C(=O)c1cccc(N(C(=O)c2ccccc2)C2COC2O)c1. The van der Waals surface area contributed by atoms with E-state index < -0.39 is 46.8 Å². The van der Waals surface area contributed by atoms with E-state index in [9.17, 15) is 45.7 Å². The van der Waals surface area contributed by atoms with Gasteiger partial charge in [-0.15, -0.1) is 0 Å². The third-order valence-corrected chi connectivity index (χ3v) is 6.95. The minimum absolute atomic E-state index is 0.0144. The zero-order valence-electron chi connectivity index (χ0n) is 22.4. The maximum Gasteiger partial charge on any atom is 0.494 e. The lowest BCUT2D eigenvalue weighted by atomic mass is 9.96. The van der Waals surface area contributed by atoms with E-state index in [1.807, 2.05) is 0 Å². The fourth-order valence-corrected chi connectivity index (χ4v) is 4.86. The average molecular weight is 601 g/mol. The predicted octanol–water partition coefficient (Wildman–Crippen LogP) is 6.10. The summed E-state index contributed by atoms with van der Waals surface area (Å²) in [5.74, 6) is -6.88. The molecule has 1 heterocycles. The van der Waals surface area contributed by atoms with Gasteiger partial charge in [-0.1, -0.05) is 24.3 Å². The maximum absolute atomic E-state index is 14.7. The highest BCUT2D eigenvalue weighted by molar-refractivity contribution is 6.09. The van der Waals surface area contributed by atoms with Gasteiger partial charge >= 0.3 is 12.0 Å². The van der Waals surface area contributed by atoms with Gasteiger partial charge in [0.25, 0.3) is 17.0 Å². The zero-order valence-corrected chi connectivity index (χ0v) is 22.4. The number of aliphatic hydroxyl groups is 1. The summed E-state index contributed by atoms with van der Waals surface area (Å²) in [6, 6.07) is 14.0. The van der Waals surface area contributed by atoms with Gasteiger partial charge in [0, 0.05) is 29.5 Å². The molecule has 2 amide bonds. The van der Waals surface area contributed by atoms with Crippen molar-refractivity contribution in [3.8, 4) is 0 Å². The Hall–Kier alpha value is -4.01. The van der Waals surface area contributed by atoms with E-state index in [0.717, 1.165) is 18.7 Å². The van der Waals surface area contributed by atoms with Crippen molar-refractivity contribution >= 4 is 23.2 Å². The Morgan fingerprint density at radius 3 is 1.93 bits per heavy atom. The van der Waals surface area contributed by atoms with Crippen LogP contribution in [0.25, 0.3) is 0 Å². The summed E-state index contributed by atoms with van der Waals surface area (Å²) >= 11 is 0. The lowest BCUT2D eigenvalue weighted by molar-refractivity contribution is -1.32. The maximum atomic E-state index is 14.7. The topological polar surface area (TPSA) is 70.1 Å². The van der Waals surface area contributed by atoms with Crippen molar-refractivity contribution in [3.63, 3.8) is 0 Å². The molecule has 1 fully saturated rings. The molecular weight excluding hydrogens is 575 g/mol. The molecule has 42 heavy (non-hydrogen) atoms. The lowest BCUT2D eigenvalue weighted by Gasteiger charge is -2.41. The predicted molar refractivity (Wildman–Crippen MR) is 137 cm³/mol. The van der Waals surface area contributed by atoms with Crippen molar-refractivity contribution in [1.82, 2.24) is 0 Å². The number of hydrogen-bond acceptors (Lipinski definition) is 4. The molecule has 3 unspecified atom stereocenters. The van der Waals surface area contributed by atoms with Crippen LogP contribution in [0.1, 0.15) is 37.4 Å². The summed E-state index contributed by atoms with van der Waals surface area (Å²) in [6.45, 7) is 2.34.